The third kappa shape index (κ3) is 3.64. The number of carboxylic acid groups (broad SMARTS) is 1. The third-order valence-electron chi connectivity index (χ3n) is 9.54. The summed E-state index contributed by atoms with van der Waals surface area (Å²) in [5, 5.41) is 20.6. The quantitative estimate of drug-likeness (QED) is 0.426. The number of ketones is 2. The Morgan fingerprint density at radius 1 is 1.05 bits per heavy atom. The summed E-state index contributed by atoms with van der Waals surface area (Å²) in [6, 6.07) is 10.5. The molecule has 0 radical (unpaired) electrons. The van der Waals surface area contributed by atoms with Gasteiger partial charge in [-0.05, 0) is 67.7 Å². The molecule has 210 valence electrons. The number of phenols is 1. The second-order valence-corrected chi connectivity index (χ2v) is 11.5. The number of carbonyl (C=O) groups is 5. The van der Waals surface area contributed by atoms with E-state index in [-0.39, 0.29) is 41.4 Å². The van der Waals surface area contributed by atoms with Crippen LogP contribution in [0, 0.1) is 29.1 Å². The SMILES string of the molecule is COc1cccc(O)c1[C@H]1C2=CC[C@@H]3C(=O)N(c4cccc(C(=O)O)c4)C(=O)[C@@H]3[C@@H]2C[C@H]2C(=O)C=C(C)C(=O)[C@@]12C. The highest BCUT2D eigenvalue weighted by Gasteiger charge is 2.64. The molecule has 6 atom stereocenters. The van der Waals surface area contributed by atoms with E-state index >= 15 is 0 Å². The molecular weight excluding hydrogens is 526 g/mol. The summed E-state index contributed by atoms with van der Waals surface area (Å²) in [6.45, 7) is 3.36. The smallest absolute Gasteiger partial charge is 0.335 e. The maximum atomic E-state index is 14.1. The van der Waals surface area contributed by atoms with Gasteiger partial charge < -0.3 is 14.9 Å². The number of phenolic OH excluding ortho intramolecular Hbond substituents is 1. The summed E-state index contributed by atoms with van der Waals surface area (Å²) in [5.41, 5.74) is 0.303. The average molecular weight is 556 g/mol. The lowest BCUT2D eigenvalue weighted by atomic mass is 9.47. The number of aromatic hydroxyl groups is 1. The zero-order chi connectivity index (χ0) is 29.4. The highest BCUT2D eigenvalue weighted by Crippen LogP contribution is 2.64. The summed E-state index contributed by atoms with van der Waals surface area (Å²) in [5.74, 6) is -5.89. The van der Waals surface area contributed by atoms with Gasteiger partial charge >= 0.3 is 5.97 Å². The molecule has 41 heavy (non-hydrogen) atoms. The fraction of sp³-hybridized carbons (Fsp3) is 0.344. The second-order valence-electron chi connectivity index (χ2n) is 11.5. The number of anilines is 1. The molecule has 1 heterocycles. The number of allylic oxidation sites excluding steroid dienone is 4. The van der Waals surface area contributed by atoms with Gasteiger partial charge in [0.2, 0.25) is 11.8 Å². The molecule has 2 fully saturated rings. The van der Waals surface area contributed by atoms with Gasteiger partial charge in [-0.15, -0.1) is 0 Å². The van der Waals surface area contributed by atoms with Crippen molar-refractivity contribution in [2.75, 3.05) is 12.0 Å². The van der Waals surface area contributed by atoms with Gasteiger partial charge in [0, 0.05) is 17.4 Å². The number of hydrogen-bond acceptors (Lipinski definition) is 7. The number of nitrogens with zero attached hydrogens (tertiary/aromatic N) is 1. The van der Waals surface area contributed by atoms with E-state index in [0.717, 1.165) is 10.5 Å². The minimum Gasteiger partial charge on any atom is -0.508 e. The summed E-state index contributed by atoms with van der Waals surface area (Å²) < 4.78 is 5.63. The number of Topliss-reactive ketones (excluding diaryl/α,β-unsaturated/α-hetero) is 1. The van der Waals surface area contributed by atoms with Crippen LogP contribution in [-0.4, -0.2) is 46.7 Å². The van der Waals surface area contributed by atoms with Gasteiger partial charge in [0.1, 0.15) is 11.5 Å². The molecule has 0 bridgehead atoms. The van der Waals surface area contributed by atoms with E-state index in [2.05, 4.69) is 0 Å². The van der Waals surface area contributed by atoms with Gasteiger partial charge in [-0.25, -0.2) is 4.79 Å². The first-order chi connectivity index (χ1) is 19.5. The van der Waals surface area contributed by atoms with Gasteiger partial charge in [0.25, 0.3) is 0 Å². The van der Waals surface area contributed by atoms with Crippen molar-refractivity contribution < 1.29 is 38.9 Å². The van der Waals surface area contributed by atoms with Crippen LogP contribution in [0.15, 0.2) is 65.8 Å². The van der Waals surface area contributed by atoms with Crippen molar-refractivity contribution in [3.05, 3.63) is 76.9 Å². The van der Waals surface area contributed by atoms with E-state index in [4.69, 9.17) is 4.74 Å². The highest BCUT2D eigenvalue weighted by molar-refractivity contribution is 6.23. The van der Waals surface area contributed by atoms with Gasteiger partial charge in [-0.3, -0.25) is 24.1 Å². The zero-order valence-corrected chi connectivity index (χ0v) is 22.8. The number of aromatic carboxylic acids is 1. The number of ether oxygens (including phenoxy) is 1. The maximum absolute atomic E-state index is 14.1. The Bertz CT molecular complexity index is 1620. The minimum atomic E-state index is -1.25. The molecule has 3 aliphatic carbocycles. The molecule has 2 aromatic carbocycles. The molecule has 9 nitrogen and oxygen atoms in total. The predicted molar refractivity (Wildman–Crippen MR) is 146 cm³/mol. The first-order valence-electron chi connectivity index (χ1n) is 13.5. The van der Waals surface area contributed by atoms with E-state index in [9.17, 15) is 34.2 Å². The average Bonchev–Trinajstić information content (AvgIpc) is 3.21. The lowest BCUT2D eigenvalue weighted by molar-refractivity contribution is -0.141. The fourth-order valence-corrected chi connectivity index (χ4v) is 7.74. The highest BCUT2D eigenvalue weighted by atomic mass is 16.5. The Hall–Kier alpha value is -4.53. The number of carbonyl (C=O) groups excluding carboxylic acids is 4. The van der Waals surface area contributed by atoms with Crippen LogP contribution in [0.5, 0.6) is 11.5 Å². The molecule has 2 N–H and O–H groups in total. The molecule has 0 unspecified atom stereocenters. The normalized spacial score (nSPS) is 30.7. The fourth-order valence-electron chi connectivity index (χ4n) is 7.74. The largest absolute Gasteiger partial charge is 0.508 e. The van der Waals surface area contributed by atoms with E-state index in [1.54, 1.807) is 26.0 Å². The number of imide groups is 1. The number of hydrogen-bond donors (Lipinski definition) is 2. The minimum absolute atomic E-state index is 0.0506. The van der Waals surface area contributed by atoms with Crippen molar-refractivity contribution in [1.29, 1.82) is 0 Å². The van der Waals surface area contributed by atoms with Crippen LogP contribution in [0.4, 0.5) is 5.69 Å². The van der Waals surface area contributed by atoms with Crippen LogP contribution in [0.2, 0.25) is 0 Å². The zero-order valence-electron chi connectivity index (χ0n) is 22.8. The molecule has 2 aromatic rings. The van der Waals surface area contributed by atoms with Gasteiger partial charge in [-0.1, -0.05) is 30.7 Å². The van der Waals surface area contributed by atoms with Gasteiger partial charge in [-0.2, -0.15) is 0 Å². The molecule has 1 saturated heterocycles. The Kier molecular flexibility index (Phi) is 6.02. The Balaban J connectivity index is 1.52. The van der Waals surface area contributed by atoms with Crippen LogP contribution >= 0.6 is 0 Å². The van der Waals surface area contributed by atoms with E-state index in [0.29, 0.717) is 16.9 Å². The molecule has 1 saturated carbocycles. The van der Waals surface area contributed by atoms with E-state index < -0.39 is 52.8 Å². The van der Waals surface area contributed by atoms with Crippen molar-refractivity contribution in [3.63, 3.8) is 0 Å². The Morgan fingerprint density at radius 3 is 2.49 bits per heavy atom. The van der Waals surface area contributed by atoms with E-state index in [1.807, 2.05) is 6.08 Å². The van der Waals surface area contributed by atoms with Crippen molar-refractivity contribution in [3.8, 4) is 11.5 Å². The topological polar surface area (TPSA) is 138 Å². The first kappa shape index (κ1) is 26.7. The van der Waals surface area contributed by atoms with Crippen molar-refractivity contribution in [2.45, 2.75) is 32.6 Å². The molecule has 4 aliphatic rings. The van der Waals surface area contributed by atoms with Gasteiger partial charge in [0.15, 0.2) is 11.6 Å². The molecule has 1 aliphatic heterocycles. The lowest BCUT2D eigenvalue weighted by Crippen LogP contribution is -2.54. The molecule has 0 spiro atoms. The third-order valence-corrected chi connectivity index (χ3v) is 9.54. The Labute approximate surface area is 236 Å². The van der Waals surface area contributed by atoms with Crippen LogP contribution in [0.1, 0.15) is 48.5 Å². The van der Waals surface area contributed by atoms with Crippen LogP contribution in [0.3, 0.4) is 0 Å². The number of rotatable bonds is 4. The van der Waals surface area contributed by atoms with Crippen molar-refractivity contribution in [2.24, 2.45) is 29.1 Å². The van der Waals surface area contributed by atoms with E-state index in [1.165, 1.54) is 43.5 Å². The number of amides is 2. The summed E-state index contributed by atoms with van der Waals surface area (Å²) in [7, 11) is 1.46. The Morgan fingerprint density at radius 2 is 1.78 bits per heavy atom. The molecule has 6 rings (SSSR count). The maximum Gasteiger partial charge on any atom is 0.335 e. The lowest BCUT2D eigenvalue weighted by Gasteiger charge is -2.53. The number of methoxy groups -OCH3 is 1. The van der Waals surface area contributed by atoms with Crippen LogP contribution < -0.4 is 9.64 Å². The molecule has 9 heteroatoms. The first-order valence-corrected chi connectivity index (χ1v) is 13.5. The van der Waals surface area contributed by atoms with Crippen molar-refractivity contribution >= 4 is 35.0 Å². The second kappa shape index (κ2) is 9.26. The van der Waals surface area contributed by atoms with Crippen LogP contribution in [-0.2, 0) is 19.2 Å². The molecule has 2 amide bonds. The monoisotopic (exact) mass is 555 g/mol. The molecular formula is C32H29NO8. The number of fused-ring (bicyclic) bond motifs is 4. The number of carboxylic acids is 1. The predicted octanol–water partition coefficient (Wildman–Crippen LogP) is 4.06. The number of benzene rings is 2. The standard InChI is InChI=1S/C32H29NO8/c1-15-12-23(35)21-14-20-18(27(32(21,2)28(15)36)26-22(34)8-5-9-24(26)41-3)10-11-19-25(20)30(38)33(29(19)37)17-7-4-6-16(13-17)31(39)40/h4-10,12-13,19-21,25,27,34H,11,14H2,1-3H3,(H,39,40)/t19-,20+,21-,25-,27+,32+/m0/s1. The summed E-state index contributed by atoms with van der Waals surface area (Å²) in [6.07, 6.45) is 3.65. The molecule has 0 aromatic heterocycles. The van der Waals surface area contributed by atoms with Crippen molar-refractivity contribution in [1.82, 2.24) is 0 Å². The van der Waals surface area contributed by atoms with Crippen LogP contribution in [0.25, 0.3) is 0 Å². The summed E-state index contributed by atoms with van der Waals surface area (Å²) >= 11 is 0. The summed E-state index contributed by atoms with van der Waals surface area (Å²) in [4.78, 5) is 67.8. The van der Waals surface area contributed by atoms with Gasteiger partial charge in [0.05, 0.1) is 35.6 Å².